The summed E-state index contributed by atoms with van der Waals surface area (Å²) in [5.41, 5.74) is 3.23. The second-order valence-corrected chi connectivity index (χ2v) is 6.88. The molecule has 0 atom stereocenters. The molecular weight excluding hydrogens is 302 g/mol. The van der Waals surface area contributed by atoms with E-state index in [0.717, 1.165) is 31.9 Å². The molecule has 1 aromatic carbocycles. The van der Waals surface area contributed by atoms with Crippen LogP contribution in [0.4, 0.5) is 0 Å². The number of hydrogen-bond donors (Lipinski definition) is 1. The van der Waals surface area contributed by atoms with E-state index in [4.69, 9.17) is 4.74 Å². The predicted octanol–water partition coefficient (Wildman–Crippen LogP) is 4.05. The van der Waals surface area contributed by atoms with Crippen molar-refractivity contribution in [2.75, 3.05) is 13.2 Å². The molecule has 3 rings (SSSR count). The molecule has 0 unspecified atom stereocenters. The van der Waals surface area contributed by atoms with Gasteiger partial charge in [0, 0.05) is 29.5 Å². The average molecular weight is 324 g/mol. The van der Waals surface area contributed by atoms with Crippen molar-refractivity contribution < 1.29 is 4.74 Å². The van der Waals surface area contributed by atoms with Crippen LogP contribution in [0.25, 0.3) is 0 Å². The first kappa shape index (κ1) is 13.4. The summed E-state index contributed by atoms with van der Waals surface area (Å²) in [6.45, 7) is 5.22. The third-order valence-electron chi connectivity index (χ3n) is 4.81. The molecule has 1 fully saturated rings. The topological polar surface area (TPSA) is 21.3 Å². The lowest BCUT2D eigenvalue weighted by molar-refractivity contribution is 0.123. The second-order valence-electron chi connectivity index (χ2n) is 5.96. The highest BCUT2D eigenvalue weighted by Crippen LogP contribution is 2.43. The van der Waals surface area contributed by atoms with Crippen molar-refractivity contribution in [2.24, 2.45) is 5.41 Å². The van der Waals surface area contributed by atoms with Crippen LogP contribution in [0.3, 0.4) is 0 Å². The molecule has 0 spiro atoms. The lowest BCUT2D eigenvalue weighted by Gasteiger charge is -2.41. The van der Waals surface area contributed by atoms with Crippen molar-refractivity contribution in [3.8, 4) is 5.75 Å². The highest BCUT2D eigenvalue weighted by molar-refractivity contribution is 9.10. The van der Waals surface area contributed by atoms with Crippen LogP contribution in [0.15, 0.2) is 16.6 Å². The van der Waals surface area contributed by atoms with Gasteiger partial charge in [-0.05, 0) is 42.4 Å². The maximum atomic E-state index is 5.77. The number of fused-ring (bicyclic) bond motifs is 1. The number of nitrogens with one attached hydrogen (secondary N) is 1. The average Bonchev–Trinajstić information content (AvgIpc) is 2.80. The van der Waals surface area contributed by atoms with Gasteiger partial charge >= 0.3 is 0 Å². The summed E-state index contributed by atoms with van der Waals surface area (Å²) >= 11 is 3.60. The number of hydrogen-bond acceptors (Lipinski definition) is 2. The molecule has 0 saturated heterocycles. The van der Waals surface area contributed by atoms with E-state index in [9.17, 15) is 0 Å². The molecule has 0 aromatic heterocycles. The highest BCUT2D eigenvalue weighted by Gasteiger charge is 2.34. The summed E-state index contributed by atoms with van der Waals surface area (Å²) in [5, 5.41) is 3.65. The van der Waals surface area contributed by atoms with Crippen LogP contribution < -0.4 is 10.1 Å². The number of ether oxygens (including phenoxy) is 1. The smallest absolute Gasteiger partial charge is 0.127 e. The van der Waals surface area contributed by atoms with E-state index in [1.165, 1.54) is 41.3 Å². The predicted molar refractivity (Wildman–Crippen MR) is 81.6 cm³/mol. The van der Waals surface area contributed by atoms with Gasteiger partial charge in [0.15, 0.2) is 0 Å². The third-order valence-corrected chi connectivity index (χ3v) is 5.26. The summed E-state index contributed by atoms with van der Waals surface area (Å²) < 4.78 is 6.94. The first-order valence-electron chi connectivity index (χ1n) is 7.37. The van der Waals surface area contributed by atoms with Crippen molar-refractivity contribution in [1.82, 2.24) is 5.32 Å². The van der Waals surface area contributed by atoms with Gasteiger partial charge in [0.1, 0.15) is 5.75 Å². The molecule has 0 radical (unpaired) electrons. The zero-order valence-electron chi connectivity index (χ0n) is 11.6. The second kappa shape index (κ2) is 5.45. The fraction of sp³-hybridized carbons (Fsp3) is 0.625. The van der Waals surface area contributed by atoms with Crippen LogP contribution in [0, 0.1) is 5.41 Å². The van der Waals surface area contributed by atoms with Gasteiger partial charge in [0.05, 0.1) is 6.61 Å². The zero-order chi connectivity index (χ0) is 13.3. The number of benzene rings is 1. The Kier molecular flexibility index (Phi) is 3.86. The maximum Gasteiger partial charge on any atom is 0.127 e. The van der Waals surface area contributed by atoms with E-state index < -0.39 is 0 Å². The summed E-state index contributed by atoms with van der Waals surface area (Å²) in [6, 6.07) is 4.38. The Balaban J connectivity index is 1.64. The van der Waals surface area contributed by atoms with Crippen molar-refractivity contribution in [3.05, 3.63) is 27.7 Å². The quantitative estimate of drug-likeness (QED) is 0.882. The largest absolute Gasteiger partial charge is 0.493 e. The molecule has 1 aliphatic heterocycles. The van der Waals surface area contributed by atoms with E-state index in [-0.39, 0.29) is 0 Å². The first-order chi connectivity index (χ1) is 9.22. The molecule has 1 saturated carbocycles. The number of rotatable bonds is 5. The van der Waals surface area contributed by atoms with Crippen molar-refractivity contribution in [3.63, 3.8) is 0 Å². The normalized spacial score (nSPS) is 19.7. The van der Waals surface area contributed by atoms with E-state index in [2.05, 4.69) is 40.3 Å². The zero-order valence-corrected chi connectivity index (χ0v) is 13.2. The van der Waals surface area contributed by atoms with Crippen molar-refractivity contribution in [1.29, 1.82) is 0 Å². The van der Waals surface area contributed by atoms with E-state index in [1.54, 1.807) is 0 Å². The molecule has 0 amide bonds. The van der Waals surface area contributed by atoms with Crippen molar-refractivity contribution >= 4 is 15.9 Å². The fourth-order valence-corrected chi connectivity index (χ4v) is 3.82. The lowest BCUT2D eigenvalue weighted by Crippen LogP contribution is -2.39. The molecule has 3 heteroatoms. The Morgan fingerprint density at radius 2 is 2.21 bits per heavy atom. The van der Waals surface area contributed by atoms with Gasteiger partial charge in [0.2, 0.25) is 0 Å². The lowest BCUT2D eigenvalue weighted by atomic mass is 9.67. The van der Waals surface area contributed by atoms with Crippen LogP contribution in [-0.4, -0.2) is 13.2 Å². The van der Waals surface area contributed by atoms with Gasteiger partial charge < -0.3 is 10.1 Å². The Hall–Kier alpha value is -0.540. The van der Waals surface area contributed by atoms with Crippen LogP contribution >= 0.6 is 15.9 Å². The van der Waals surface area contributed by atoms with Crippen molar-refractivity contribution in [2.45, 2.75) is 45.6 Å². The SMILES string of the molecule is CCC1(CNCc2cc(Br)cc3c2OCC3)CCC1. The monoisotopic (exact) mass is 323 g/mol. The van der Waals surface area contributed by atoms with Gasteiger partial charge in [-0.2, -0.15) is 0 Å². The van der Waals surface area contributed by atoms with Gasteiger partial charge in [-0.25, -0.2) is 0 Å². The Bertz CT molecular complexity index is 463. The molecule has 19 heavy (non-hydrogen) atoms. The van der Waals surface area contributed by atoms with Gasteiger partial charge in [-0.1, -0.05) is 29.3 Å². The molecule has 1 aliphatic carbocycles. The molecule has 1 N–H and O–H groups in total. The van der Waals surface area contributed by atoms with E-state index in [1.807, 2.05) is 0 Å². The van der Waals surface area contributed by atoms with E-state index >= 15 is 0 Å². The molecule has 1 aromatic rings. The first-order valence-corrected chi connectivity index (χ1v) is 8.17. The van der Waals surface area contributed by atoms with E-state index in [0.29, 0.717) is 5.41 Å². The Morgan fingerprint density at radius 1 is 1.37 bits per heavy atom. The molecule has 0 bridgehead atoms. The molecule has 2 nitrogen and oxygen atoms in total. The summed E-state index contributed by atoms with van der Waals surface area (Å²) in [6.07, 6.45) is 6.53. The maximum absolute atomic E-state index is 5.77. The minimum atomic E-state index is 0.579. The minimum Gasteiger partial charge on any atom is -0.493 e. The molecular formula is C16H22BrNO. The summed E-state index contributed by atoms with van der Waals surface area (Å²) in [5.74, 6) is 1.12. The fourth-order valence-electron chi connectivity index (χ4n) is 3.27. The Morgan fingerprint density at radius 3 is 2.89 bits per heavy atom. The van der Waals surface area contributed by atoms with Crippen LogP contribution in [0.2, 0.25) is 0 Å². The minimum absolute atomic E-state index is 0.579. The summed E-state index contributed by atoms with van der Waals surface area (Å²) in [4.78, 5) is 0. The van der Waals surface area contributed by atoms with Gasteiger partial charge in [-0.15, -0.1) is 0 Å². The highest BCUT2D eigenvalue weighted by atomic mass is 79.9. The molecule has 1 heterocycles. The van der Waals surface area contributed by atoms with Gasteiger partial charge in [-0.3, -0.25) is 0 Å². The van der Waals surface area contributed by atoms with Crippen LogP contribution in [-0.2, 0) is 13.0 Å². The standard InChI is InChI=1S/C16H22BrNO/c1-2-16(5-3-6-16)11-18-10-13-9-14(17)8-12-4-7-19-15(12)13/h8-9,18H,2-7,10-11H2,1H3. The summed E-state index contributed by atoms with van der Waals surface area (Å²) in [7, 11) is 0. The van der Waals surface area contributed by atoms with Crippen LogP contribution in [0.5, 0.6) is 5.75 Å². The van der Waals surface area contributed by atoms with Crippen LogP contribution in [0.1, 0.15) is 43.7 Å². The number of halogens is 1. The Labute approximate surface area is 124 Å². The third kappa shape index (κ3) is 2.68. The molecule has 104 valence electrons. The molecule has 2 aliphatic rings. The van der Waals surface area contributed by atoms with Gasteiger partial charge in [0.25, 0.3) is 0 Å².